The molecule has 2 atom stereocenters. The Bertz CT molecular complexity index is 2080. The van der Waals surface area contributed by atoms with E-state index in [-0.39, 0.29) is 47.6 Å². The molecule has 4 aromatic rings. The normalized spacial score (nSPS) is 16.9. The summed E-state index contributed by atoms with van der Waals surface area (Å²) >= 11 is 0. The first-order valence-electron chi connectivity index (χ1n) is 13.6. The number of aromatic nitrogens is 4. The number of carbonyl (C=O) groups is 1. The summed E-state index contributed by atoms with van der Waals surface area (Å²) in [6.07, 6.45) is 3.17. The van der Waals surface area contributed by atoms with E-state index in [9.17, 15) is 32.0 Å². The fourth-order valence-corrected chi connectivity index (χ4v) is 6.35. The van der Waals surface area contributed by atoms with Crippen LogP contribution in [0.2, 0.25) is 0 Å². The van der Waals surface area contributed by atoms with Crippen molar-refractivity contribution in [2.75, 3.05) is 24.2 Å². The molecule has 5 rings (SSSR count). The fraction of sp³-hybridized carbons (Fsp3) is 0.267. The zero-order valence-corrected chi connectivity index (χ0v) is 25.1. The topological polar surface area (TPSA) is 142 Å². The van der Waals surface area contributed by atoms with Crippen molar-refractivity contribution < 1.29 is 26.4 Å². The molecule has 1 aromatic carbocycles. The molecule has 15 heteroatoms. The summed E-state index contributed by atoms with van der Waals surface area (Å²) in [7, 11) is -4.05. The largest absolute Gasteiger partial charge is 0.355 e. The Morgan fingerprint density at radius 2 is 1.84 bits per heavy atom. The minimum Gasteiger partial charge on any atom is -0.349 e. The molecule has 0 bridgehead atoms. The maximum Gasteiger partial charge on any atom is 0.355 e. The average molecular weight is 638 g/mol. The number of rotatable bonds is 6. The standard InChI is InChI=1S/C30H26F3N7O4S/c1-5-23(41)39-14-17(3)38(15-18(39)9-11-34)27-19-13-22(33)25(24-20(31)7-6-8-21(24)32)36-28(19)40(30(42)37-27)26-16(2)10-12-35-29(26)45(4,43)44/h5-8,10,12-13,17-18H,1,9,14-15H2,2-4H3/t17-,18-/m0/s1. The van der Waals surface area contributed by atoms with E-state index in [0.29, 0.717) is 0 Å². The van der Waals surface area contributed by atoms with Crippen molar-refractivity contribution in [3.05, 3.63) is 82.7 Å². The Morgan fingerprint density at radius 3 is 2.47 bits per heavy atom. The molecule has 0 aliphatic carbocycles. The van der Waals surface area contributed by atoms with E-state index in [4.69, 9.17) is 0 Å². The summed E-state index contributed by atoms with van der Waals surface area (Å²) in [4.78, 5) is 42.0. The lowest BCUT2D eigenvalue weighted by Gasteiger charge is -2.45. The number of anilines is 1. The van der Waals surface area contributed by atoms with Gasteiger partial charge in [-0.15, -0.1) is 0 Å². The second kappa shape index (κ2) is 11.8. The van der Waals surface area contributed by atoms with Crippen molar-refractivity contribution in [2.24, 2.45) is 0 Å². The molecule has 0 saturated carbocycles. The lowest BCUT2D eigenvalue weighted by molar-refractivity contribution is -0.129. The lowest BCUT2D eigenvalue weighted by atomic mass is 10.0. The third-order valence-electron chi connectivity index (χ3n) is 7.57. The molecule has 3 aromatic heterocycles. The molecule has 0 unspecified atom stereocenters. The van der Waals surface area contributed by atoms with Gasteiger partial charge in [-0.1, -0.05) is 12.6 Å². The number of carbonyl (C=O) groups excluding carboxylic acids is 1. The third-order valence-corrected chi connectivity index (χ3v) is 8.57. The highest BCUT2D eigenvalue weighted by Crippen LogP contribution is 2.35. The summed E-state index contributed by atoms with van der Waals surface area (Å²) in [5.41, 5.74) is -2.89. The van der Waals surface area contributed by atoms with Gasteiger partial charge < -0.3 is 9.80 Å². The van der Waals surface area contributed by atoms with Crippen LogP contribution in [0.1, 0.15) is 18.9 Å². The van der Waals surface area contributed by atoms with Crippen LogP contribution in [0.15, 0.2) is 59.0 Å². The predicted molar refractivity (Wildman–Crippen MR) is 159 cm³/mol. The molecular formula is C30H26F3N7O4S. The molecule has 11 nitrogen and oxygen atoms in total. The second-order valence-corrected chi connectivity index (χ2v) is 12.5. The molecule has 45 heavy (non-hydrogen) atoms. The van der Waals surface area contributed by atoms with Crippen LogP contribution in [0.4, 0.5) is 19.0 Å². The first kappa shape index (κ1) is 31.3. The number of nitrogens with zero attached hydrogens (tertiary/aromatic N) is 7. The Hall–Kier alpha value is -5.10. The summed E-state index contributed by atoms with van der Waals surface area (Å²) < 4.78 is 72.0. The van der Waals surface area contributed by atoms with Crippen LogP contribution in [0.5, 0.6) is 0 Å². The Balaban J connectivity index is 1.87. The number of sulfone groups is 1. The van der Waals surface area contributed by atoms with Gasteiger partial charge >= 0.3 is 5.69 Å². The molecule has 0 N–H and O–H groups in total. The van der Waals surface area contributed by atoms with Gasteiger partial charge in [0.25, 0.3) is 0 Å². The molecular weight excluding hydrogens is 611 g/mol. The van der Waals surface area contributed by atoms with Crippen LogP contribution in [-0.4, -0.2) is 70.2 Å². The molecule has 1 aliphatic rings. The van der Waals surface area contributed by atoms with Crippen molar-refractivity contribution in [1.29, 1.82) is 5.26 Å². The average Bonchev–Trinajstić information content (AvgIpc) is 2.97. The first-order chi connectivity index (χ1) is 21.3. The van der Waals surface area contributed by atoms with Gasteiger partial charge in [0.15, 0.2) is 26.3 Å². The van der Waals surface area contributed by atoms with Gasteiger partial charge in [0.05, 0.1) is 35.2 Å². The SMILES string of the molecule is C=CC(=O)N1C[C@H](C)N(c2nc(=O)n(-c3c(C)ccnc3S(C)(=O)=O)c3nc(-c4c(F)cccc4F)c(F)cc23)C[C@@H]1CC#N. The lowest BCUT2D eigenvalue weighted by Crippen LogP contribution is -2.59. The number of piperazine rings is 1. The van der Waals surface area contributed by atoms with E-state index in [1.54, 1.807) is 11.8 Å². The van der Waals surface area contributed by atoms with Crippen LogP contribution in [0, 0.1) is 35.7 Å². The maximum absolute atomic E-state index is 15.9. The predicted octanol–water partition coefficient (Wildman–Crippen LogP) is 3.48. The van der Waals surface area contributed by atoms with Gasteiger partial charge in [0.1, 0.15) is 23.1 Å². The van der Waals surface area contributed by atoms with E-state index >= 15 is 4.39 Å². The van der Waals surface area contributed by atoms with Gasteiger partial charge in [-0.2, -0.15) is 10.2 Å². The Labute approximate surface area is 255 Å². The number of aryl methyl sites for hydroxylation is 1. The minimum atomic E-state index is -4.05. The Morgan fingerprint density at radius 1 is 1.16 bits per heavy atom. The molecule has 1 saturated heterocycles. The third kappa shape index (κ3) is 5.53. The fourth-order valence-electron chi connectivity index (χ4n) is 5.49. The van der Waals surface area contributed by atoms with Crippen molar-refractivity contribution in [1.82, 2.24) is 24.4 Å². The molecule has 232 valence electrons. The van der Waals surface area contributed by atoms with E-state index in [0.717, 1.165) is 41.2 Å². The summed E-state index contributed by atoms with van der Waals surface area (Å²) in [5, 5.41) is 8.86. The van der Waals surface area contributed by atoms with Crippen molar-refractivity contribution in [3.8, 4) is 23.0 Å². The van der Waals surface area contributed by atoms with Gasteiger partial charge in [-0.3, -0.25) is 4.79 Å². The number of benzene rings is 1. The van der Waals surface area contributed by atoms with Crippen LogP contribution >= 0.6 is 0 Å². The molecule has 1 aliphatic heterocycles. The second-order valence-electron chi connectivity index (χ2n) is 10.6. The highest BCUT2D eigenvalue weighted by atomic mass is 32.2. The highest BCUT2D eigenvalue weighted by Gasteiger charge is 2.36. The van der Waals surface area contributed by atoms with Gasteiger partial charge in [-0.25, -0.2) is 40.9 Å². The number of fused-ring (bicyclic) bond motifs is 1. The highest BCUT2D eigenvalue weighted by molar-refractivity contribution is 7.90. The first-order valence-corrected chi connectivity index (χ1v) is 15.5. The smallest absolute Gasteiger partial charge is 0.349 e. The molecule has 1 fully saturated rings. The van der Waals surface area contributed by atoms with Crippen LogP contribution in [0.3, 0.4) is 0 Å². The molecule has 0 spiro atoms. The number of amides is 1. The van der Waals surface area contributed by atoms with Gasteiger partial charge in [0.2, 0.25) is 5.91 Å². The monoisotopic (exact) mass is 637 g/mol. The number of nitriles is 1. The van der Waals surface area contributed by atoms with E-state index in [2.05, 4.69) is 21.5 Å². The summed E-state index contributed by atoms with van der Waals surface area (Å²) in [5.74, 6) is -3.86. The molecule has 1 amide bonds. The molecule has 4 heterocycles. The van der Waals surface area contributed by atoms with E-state index in [1.165, 1.54) is 24.1 Å². The Kier molecular flexibility index (Phi) is 8.19. The van der Waals surface area contributed by atoms with Crippen LogP contribution in [-0.2, 0) is 14.6 Å². The van der Waals surface area contributed by atoms with Crippen LogP contribution < -0.4 is 10.6 Å². The van der Waals surface area contributed by atoms with Gasteiger partial charge in [-0.05, 0) is 49.8 Å². The van der Waals surface area contributed by atoms with Crippen LogP contribution in [0.25, 0.3) is 28.0 Å². The summed E-state index contributed by atoms with van der Waals surface area (Å²) in [6.45, 7) is 6.86. The van der Waals surface area contributed by atoms with Crippen molar-refractivity contribution >= 4 is 32.6 Å². The number of pyridine rings is 2. The van der Waals surface area contributed by atoms with E-state index in [1.807, 2.05) is 6.07 Å². The molecule has 0 radical (unpaired) electrons. The van der Waals surface area contributed by atoms with E-state index < -0.39 is 67.3 Å². The van der Waals surface area contributed by atoms with Gasteiger partial charge in [0, 0.05) is 31.6 Å². The summed E-state index contributed by atoms with van der Waals surface area (Å²) in [6, 6.07) is 6.16. The zero-order chi connectivity index (χ0) is 32.8. The number of hydrogen-bond acceptors (Lipinski definition) is 9. The number of hydrogen-bond donors (Lipinski definition) is 0. The quantitative estimate of drug-likeness (QED) is 0.291. The minimum absolute atomic E-state index is 0.00564. The zero-order valence-electron chi connectivity index (χ0n) is 24.3. The van der Waals surface area contributed by atoms with Crippen molar-refractivity contribution in [2.45, 2.75) is 37.4 Å². The maximum atomic E-state index is 15.9. The number of halogens is 3. The van der Waals surface area contributed by atoms with Crippen molar-refractivity contribution in [3.63, 3.8) is 0 Å².